The van der Waals surface area contributed by atoms with E-state index in [1.165, 1.54) is 19.6 Å². The molecule has 0 aromatic rings. The Hall–Kier alpha value is -0.120. The third-order valence-corrected chi connectivity index (χ3v) is 3.21. The maximum Gasteiger partial charge on any atom is 0.0347 e. The summed E-state index contributed by atoms with van der Waals surface area (Å²) in [7, 11) is 4.29. The Balaban J connectivity index is 2.71. The molecule has 0 amide bonds. The average molecular weight is 213 g/mol. The Morgan fingerprint density at radius 3 is 2.53 bits per heavy atom. The minimum Gasteiger partial charge on any atom is -0.318 e. The monoisotopic (exact) mass is 213 g/mol. The highest BCUT2D eigenvalue weighted by Gasteiger charge is 2.31. The van der Waals surface area contributed by atoms with E-state index >= 15 is 0 Å². The van der Waals surface area contributed by atoms with Crippen molar-refractivity contribution >= 4 is 0 Å². The van der Waals surface area contributed by atoms with Gasteiger partial charge in [0.25, 0.3) is 0 Å². The fraction of sp³-hybridized carbons (Fsp3) is 1.00. The SMILES string of the molecule is CCN1CC(C)(C)CN(C)CC1CNC. The normalized spacial score (nSPS) is 29.0. The quantitative estimate of drug-likeness (QED) is 0.750. The fourth-order valence-electron chi connectivity index (χ4n) is 2.80. The zero-order valence-electron chi connectivity index (χ0n) is 11.0. The lowest BCUT2D eigenvalue weighted by atomic mass is 9.92. The molecule has 1 rings (SSSR count). The third kappa shape index (κ3) is 3.74. The molecule has 0 aromatic heterocycles. The first-order valence-electron chi connectivity index (χ1n) is 6.05. The van der Waals surface area contributed by atoms with Crippen LogP contribution in [0.5, 0.6) is 0 Å². The van der Waals surface area contributed by atoms with Crippen LogP contribution in [0.3, 0.4) is 0 Å². The first kappa shape index (κ1) is 12.9. The second kappa shape index (κ2) is 5.28. The zero-order valence-corrected chi connectivity index (χ0v) is 11.0. The standard InChI is InChI=1S/C12H27N3/c1-6-15-10-12(2,3)9-14(5)8-11(15)7-13-4/h11,13H,6-10H2,1-5H3. The number of nitrogens with zero attached hydrogens (tertiary/aromatic N) is 2. The summed E-state index contributed by atoms with van der Waals surface area (Å²) in [6.45, 7) is 12.8. The van der Waals surface area contributed by atoms with Gasteiger partial charge in [0, 0.05) is 32.2 Å². The largest absolute Gasteiger partial charge is 0.318 e. The van der Waals surface area contributed by atoms with Gasteiger partial charge < -0.3 is 10.2 Å². The number of likely N-dealkylation sites (N-methyl/N-ethyl adjacent to an activating group) is 3. The molecule has 1 fully saturated rings. The number of rotatable bonds is 3. The Kier molecular flexibility index (Phi) is 4.56. The second-order valence-electron chi connectivity index (χ2n) is 5.64. The predicted molar refractivity (Wildman–Crippen MR) is 66.2 cm³/mol. The summed E-state index contributed by atoms with van der Waals surface area (Å²) in [6, 6.07) is 0.659. The summed E-state index contributed by atoms with van der Waals surface area (Å²) in [6.07, 6.45) is 0. The van der Waals surface area contributed by atoms with Gasteiger partial charge in [0.05, 0.1) is 0 Å². The lowest BCUT2D eigenvalue weighted by Crippen LogP contribution is -2.46. The van der Waals surface area contributed by atoms with Crippen LogP contribution >= 0.6 is 0 Å². The molecule has 1 N–H and O–H groups in total. The van der Waals surface area contributed by atoms with Crippen molar-refractivity contribution in [1.82, 2.24) is 15.1 Å². The molecule has 0 spiro atoms. The van der Waals surface area contributed by atoms with Crippen molar-refractivity contribution in [3.8, 4) is 0 Å². The van der Waals surface area contributed by atoms with Crippen molar-refractivity contribution in [2.24, 2.45) is 5.41 Å². The minimum atomic E-state index is 0.410. The zero-order chi connectivity index (χ0) is 11.5. The van der Waals surface area contributed by atoms with E-state index in [9.17, 15) is 0 Å². The molecule has 1 aliphatic rings. The van der Waals surface area contributed by atoms with E-state index in [2.05, 4.69) is 42.9 Å². The molecule has 3 nitrogen and oxygen atoms in total. The van der Waals surface area contributed by atoms with Gasteiger partial charge >= 0.3 is 0 Å². The summed E-state index contributed by atoms with van der Waals surface area (Å²) >= 11 is 0. The van der Waals surface area contributed by atoms with Crippen LogP contribution in [0.4, 0.5) is 0 Å². The van der Waals surface area contributed by atoms with Crippen LogP contribution in [0.1, 0.15) is 20.8 Å². The molecule has 1 heterocycles. The van der Waals surface area contributed by atoms with E-state index in [1.54, 1.807) is 0 Å². The molecule has 1 saturated heterocycles. The van der Waals surface area contributed by atoms with Gasteiger partial charge in [-0.1, -0.05) is 20.8 Å². The van der Waals surface area contributed by atoms with Gasteiger partial charge in [-0.2, -0.15) is 0 Å². The van der Waals surface area contributed by atoms with E-state index in [0.717, 1.165) is 13.1 Å². The van der Waals surface area contributed by atoms with Crippen LogP contribution in [0, 0.1) is 5.41 Å². The smallest absolute Gasteiger partial charge is 0.0347 e. The van der Waals surface area contributed by atoms with Crippen LogP contribution in [0.25, 0.3) is 0 Å². The molecule has 0 bridgehead atoms. The maximum atomic E-state index is 3.31. The highest BCUT2D eigenvalue weighted by molar-refractivity contribution is 4.87. The first-order chi connectivity index (χ1) is 6.98. The van der Waals surface area contributed by atoms with Crippen LogP contribution < -0.4 is 5.32 Å². The lowest BCUT2D eigenvalue weighted by Gasteiger charge is -2.32. The molecule has 3 heteroatoms. The summed E-state index contributed by atoms with van der Waals surface area (Å²) < 4.78 is 0. The van der Waals surface area contributed by atoms with E-state index in [4.69, 9.17) is 0 Å². The van der Waals surface area contributed by atoms with Crippen LogP contribution in [0.2, 0.25) is 0 Å². The molecule has 1 aliphatic heterocycles. The van der Waals surface area contributed by atoms with E-state index in [-0.39, 0.29) is 0 Å². The summed E-state index contributed by atoms with van der Waals surface area (Å²) in [5.74, 6) is 0. The Bertz CT molecular complexity index is 191. The van der Waals surface area contributed by atoms with Crippen molar-refractivity contribution in [3.05, 3.63) is 0 Å². The average Bonchev–Trinajstić information content (AvgIpc) is 2.22. The van der Waals surface area contributed by atoms with Gasteiger partial charge in [-0.15, -0.1) is 0 Å². The molecule has 1 atom stereocenters. The summed E-state index contributed by atoms with van der Waals surface area (Å²) in [5.41, 5.74) is 0.410. The Morgan fingerprint density at radius 1 is 1.33 bits per heavy atom. The molecular weight excluding hydrogens is 186 g/mol. The van der Waals surface area contributed by atoms with Gasteiger partial charge in [-0.3, -0.25) is 4.90 Å². The Morgan fingerprint density at radius 2 is 2.00 bits per heavy atom. The number of hydrogen-bond acceptors (Lipinski definition) is 3. The fourth-order valence-corrected chi connectivity index (χ4v) is 2.80. The topological polar surface area (TPSA) is 18.5 Å². The van der Waals surface area contributed by atoms with Crippen molar-refractivity contribution < 1.29 is 0 Å². The minimum absolute atomic E-state index is 0.410. The molecule has 1 unspecified atom stereocenters. The molecule has 0 aliphatic carbocycles. The van der Waals surface area contributed by atoms with Gasteiger partial charge in [0.15, 0.2) is 0 Å². The number of hydrogen-bond donors (Lipinski definition) is 1. The number of nitrogens with one attached hydrogen (secondary N) is 1. The molecule has 90 valence electrons. The maximum absolute atomic E-state index is 3.31. The molecule has 0 saturated carbocycles. The third-order valence-electron chi connectivity index (χ3n) is 3.21. The highest BCUT2D eigenvalue weighted by Crippen LogP contribution is 2.23. The second-order valence-corrected chi connectivity index (χ2v) is 5.64. The van der Waals surface area contributed by atoms with Crippen LogP contribution in [0.15, 0.2) is 0 Å². The van der Waals surface area contributed by atoms with E-state index in [1.807, 2.05) is 7.05 Å². The van der Waals surface area contributed by atoms with Crippen molar-refractivity contribution in [3.63, 3.8) is 0 Å². The summed E-state index contributed by atoms with van der Waals surface area (Å²) in [5, 5.41) is 3.31. The Labute approximate surface area is 94.8 Å². The van der Waals surface area contributed by atoms with Crippen molar-refractivity contribution in [2.75, 3.05) is 46.8 Å². The molecule has 0 radical (unpaired) electrons. The van der Waals surface area contributed by atoms with Gasteiger partial charge in [0.2, 0.25) is 0 Å². The predicted octanol–water partition coefficient (Wildman–Crippen LogP) is 0.868. The van der Waals surface area contributed by atoms with Gasteiger partial charge in [-0.25, -0.2) is 0 Å². The van der Waals surface area contributed by atoms with Crippen molar-refractivity contribution in [1.29, 1.82) is 0 Å². The van der Waals surface area contributed by atoms with E-state index in [0.29, 0.717) is 11.5 Å². The van der Waals surface area contributed by atoms with Gasteiger partial charge in [-0.05, 0) is 26.1 Å². The molecule has 0 aromatic carbocycles. The van der Waals surface area contributed by atoms with Crippen LogP contribution in [-0.4, -0.2) is 62.7 Å². The lowest BCUT2D eigenvalue weighted by molar-refractivity contribution is 0.164. The van der Waals surface area contributed by atoms with Gasteiger partial charge in [0.1, 0.15) is 0 Å². The highest BCUT2D eigenvalue weighted by atomic mass is 15.3. The van der Waals surface area contributed by atoms with E-state index < -0.39 is 0 Å². The molecular formula is C12H27N3. The molecule has 15 heavy (non-hydrogen) atoms. The van der Waals surface area contributed by atoms with Crippen molar-refractivity contribution in [2.45, 2.75) is 26.8 Å². The van der Waals surface area contributed by atoms with Crippen LogP contribution in [-0.2, 0) is 0 Å². The summed E-state index contributed by atoms with van der Waals surface area (Å²) in [4.78, 5) is 5.08. The first-order valence-corrected chi connectivity index (χ1v) is 6.05.